The second-order valence-corrected chi connectivity index (χ2v) is 6.16. The van der Waals surface area contributed by atoms with E-state index >= 15 is 0 Å². The van der Waals surface area contributed by atoms with E-state index in [1.807, 2.05) is 4.90 Å². The Hall–Kier alpha value is -0.610. The first-order valence-corrected chi connectivity index (χ1v) is 7.68. The molecule has 0 aromatic carbocycles. The molecule has 2 aliphatic heterocycles. The molecule has 1 N–H and O–H groups in total. The lowest BCUT2D eigenvalue weighted by Crippen LogP contribution is -2.44. The molecule has 2 heterocycles. The molecule has 0 aromatic rings. The minimum atomic E-state index is 0.181. The van der Waals surface area contributed by atoms with Gasteiger partial charge in [0.2, 0.25) is 5.91 Å². The molecule has 19 heavy (non-hydrogen) atoms. The fourth-order valence-electron chi connectivity index (χ4n) is 3.77. The van der Waals surface area contributed by atoms with Crippen LogP contribution in [0.4, 0.5) is 0 Å². The summed E-state index contributed by atoms with van der Waals surface area (Å²) < 4.78 is 5.17. The van der Waals surface area contributed by atoms with Crippen LogP contribution < -0.4 is 5.32 Å². The molecule has 2 fully saturated rings. The molecular formula is C15H28N2O2. The van der Waals surface area contributed by atoms with E-state index in [0.717, 1.165) is 13.0 Å². The van der Waals surface area contributed by atoms with Crippen molar-refractivity contribution < 1.29 is 9.53 Å². The molecule has 3 unspecified atom stereocenters. The van der Waals surface area contributed by atoms with E-state index in [0.29, 0.717) is 30.5 Å². The molecule has 110 valence electrons. The van der Waals surface area contributed by atoms with E-state index in [9.17, 15) is 4.79 Å². The zero-order valence-electron chi connectivity index (χ0n) is 12.5. The van der Waals surface area contributed by atoms with Crippen LogP contribution in [-0.4, -0.2) is 49.2 Å². The van der Waals surface area contributed by atoms with Gasteiger partial charge >= 0.3 is 0 Å². The second-order valence-electron chi connectivity index (χ2n) is 6.16. The first kappa shape index (κ1) is 14.8. The second kappa shape index (κ2) is 6.71. The van der Waals surface area contributed by atoms with Crippen LogP contribution in [0, 0.1) is 5.92 Å². The highest BCUT2D eigenvalue weighted by Crippen LogP contribution is 2.33. The number of hydrogen-bond donors (Lipinski definition) is 1. The monoisotopic (exact) mass is 268 g/mol. The predicted molar refractivity (Wildman–Crippen MR) is 76.0 cm³/mol. The van der Waals surface area contributed by atoms with Crippen molar-refractivity contribution in [2.45, 2.75) is 64.1 Å². The quantitative estimate of drug-likeness (QED) is 0.798. The molecule has 0 aromatic heterocycles. The lowest BCUT2D eigenvalue weighted by atomic mass is 9.89. The van der Waals surface area contributed by atoms with Gasteiger partial charge in [-0.15, -0.1) is 0 Å². The van der Waals surface area contributed by atoms with E-state index < -0.39 is 0 Å². The molecule has 0 radical (unpaired) electrons. The van der Waals surface area contributed by atoms with E-state index in [1.165, 1.54) is 25.7 Å². The normalized spacial score (nSPS) is 31.2. The Morgan fingerprint density at radius 1 is 1.37 bits per heavy atom. The van der Waals surface area contributed by atoms with Crippen LogP contribution >= 0.6 is 0 Å². The summed E-state index contributed by atoms with van der Waals surface area (Å²) >= 11 is 0. The van der Waals surface area contributed by atoms with E-state index in [-0.39, 0.29) is 6.04 Å². The highest BCUT2D eigenvalue weighted by atomic mass is 16.5. The summed E-state index contributed by atoms with van der Waals surface area (Å²) in [4.78, 5) is 14.4. The summed E-state index contributed by atoms with van der Waals surface area (Å²) in [7, 11) is 1.69. The van der Waals surface area contributed by atoms with Crippen molar-refractivity contribution in [1.82, 2.24) is 10.2 Å². The molecule has 2 bridgehead atoms. The van der Waals surface area contributed by atoms with Crippen molar-refractivity contribution in [3.05, 3.63) is 0 Å². The predicted octanol–water partition coefficient (Wildman–Crippen LogP) is 1.79. The Bertz CT molecular complexity index is 297. The van der Waals surface area contributed by atoms with E-state index in [4.69, 9.17) is 4.74 Å². The van der Waals surface area contributed by atoms with Gasteiger partial charge in [-0.1, -0.05) is 0 Å². The number of ether oxygens (including phenoxy) is 1. The largest absolute Gasteiger partial charge is 0.383 e. The third kappa shape index (κ3) is 3.69. The molecular weight excluding hydrogens is 240 g/mol. The SMILES string of the molecule is CCN(C(=O)CC1CC2CCC(C1)N2)C(C)COC. The van der Waals surface area contributed by atoms with Crippen LogP contribution in [0.2, 0.25) is 0 Å². The van der Waals surface area contributed by atoms with Gasteiger partial charge in [-0.3, -0.25) is 4.79 Å². The molecule has 4 heteroatoms. The Balaban J connectivity index is 1.85. The molecule has 4 nitrogen and oxygen atoms in total. The summed E-state index contributed by atoms with van der Waals surface area (Å²) in [6.07, 6.45) is 5.67. The van der Waals surface area contributed by atoms with Crippen LogP contribution in [-0.2, 0) is 9.53 Å². The van der Waals surface area contributed by atoms with Gasteiger partial charge in [0.25, 0.3) is 0 Å². The zero-order valence-corrected chi connectivity index (χ0v) is 12.5. The van der Waals surface area contributed by atoms with Gasteiger partial charge in [-0.05, 0) is 45.4 Å². The smallest absolute Gasteiger partial charge is 0.223 e. The lowest BCUT2D eigenvalue weighted by Gasteiger charge is -2.32. The first-order valence-electron chi connectivity index (χ1n) is 7.68. The molecule has 0 spiro atoms. The number of methoxy groups -OCH3 is 1. The maximum atomic E-state index is 12.4. The summed E-state index contributed by atoms with van der Waals surface area (Å²) in [6.45, 7) is 5.52. The van der Waals surface area contributed by atoms with E-state index in [2.05, 4.69) is 19.2 Å². The maximum Gasteiger partial charge on any atom is 0.223 e. The first-order chi connectivity index (χ1) is 9.13. The average Bonchev–Trinajstić information content (AvgIpc) is 2.70. The Morgan fingerprint density at radius 3 is 2.53 bits per heavy atom. The lowest BCUT2D eigenvalue weighted by molar-refractivity contribution is -0.135. The topological polar surface area (TPSA) is 41.6 Å². The molecule has 0 aliphatic carbocycles. The molecule has 2 rings (SSSR count). The van der Waals surface area contributed by atoms with Crippen LogP contribution in [0.15, 0.2) is 0 Å². The van der Waals surface area contributed by atoms with Gasteiger partial charge in [-0.25, -0.2) is 0 Å². The number of nitrogens with one attached hydrogen (secondary N) is 1. The van der Waals surface area contributed by atoms with Gasteiger partial charge in [-0.2, -0.15) is 0 Å². The van der Waals surface area contributed by atoms with Crippen molar-refractivity contribution in [3.8, 4) is 0 Å². The standard InChI is InChI=1S/C15H28N2O2/c1-4-17(11(2)10-19-3)15(18)9-12-7-13-5-6-14(8-12)16-13/h11-14,16H,4-10H2,1-3H3. The molecule has 0 saturated carbocycles. The number of hydrogen-bond acceptors (Lipinski definition) is 3. The van der Waals surface area contributed by atoms with Crippen molar-refractivity contribution in [1.29, 1.82) is 0 Å². The number of nitrogens with zero attached hydrogens (tertiary/aromatic N) is 1. The van der Waals surface area contributed by atoms with Crippen LogP contribution in [0.3, 0.4) is 0 Å². The summed E-state index contributed by atoms with van der Waals surface area (Å²) in [5, 5.41) is 3.63. The molecule has 1 amide bonds. The van der Waals surface area contributed by atoms with Crippen molar-refractivity contribution in [2.75, 3.05) is 20.3 Å². The minimum Gasteiger partial charge on any atom is -0.383 e. The van der Waals surface area contributed by atoms with Crippen LogP contribution in [0.5, 0.6) is 0 Å². The minimum absolute atomic E-state index is 0.181. The number of carbonyl (C=O) groups is 1. The van der Waals surface area contributed by atoms with Crippen LogP contribution in [0.1, 0.15) is 46.0 Å². The van der Waals surface area contributed by atoms with Gasteiger partial charge < -0.3 is 15.0 Å². The highest BCUT2D eigenvalue weighted by molar-refractivity contribution is 5.76. The van der Waals surface area contributed by atoms with Gasteiger partial charge in [0.1, 0.15) is 0 Å². The summed E-state index contributed by atoms with van der Waals surface area (Å²) in [5.74, 6) is 0.883. The fraction of sp³-hybridized carbons (Fsp3) is 0.933. The average molecular weight is 268 g/mol. The van der Waals surface area contributed by atoms with Crippen LogP contribution in [0.25, 0.3) is 0 Å². The Morgan fingerprint density at radius 2 is 2.00 bits per heavy atom. The third-order valence-electron chi connectivity index (χ3n) is 4.63. The number of carbonyl (C=O) groups excluding carboxylic acids is 1. The van der Waals surface area contributed by atoms with Gasteiger partial charge in [0.05, 0.1) is 12.6 Å². The number of fused-ring (bicyclic) bond motifs is 2. The number of piperidine rings is 1. The summed E-state index contributed by atoms with van der Waals surface area (Å²) in [5.41, 5.74) is 0. The number of rotatable bonds is 6. The third-order valence-corrected chi connectivity index (χ3v) is 4.63. The van der Waals surface area contributed by atoms with Crippen molar-refractivity contribution in [2.24, 2.45) is 5.92 Å². The highest BCUT2D eigenvalue weighted by Gasteiger charge is 2.35. The molecule has 2 aliphatic rings. The van der Waals surface area contributed by atoms with Gasteiger partial charge in [0, 0.05) is 32.2 Å². The van der Waals surface area contributed by atoms with Gasteiger partial charge in [0.15, 0.2) is 0 Å². The zero-order chi connectivity index (χ0) is 13.8. The number of amides is 1. The molecule has 3 atom stereocenters. The number of likely N-dealkylation sites (N-methyl/N-ethyl adjacent to an activating group) is 1. The Kier molecular flexibility index (Phi) is 5.22. The van der Waals surface area contributed by atoms with E-state index in [1.54, 1.807) is 7.11 Å². The fourth-order valence-corrected chi connectivity index (χ4v) is 3.77. The van der Waals surface area contributed by atoms with Crippen molar-refractivity contribution >= 4 is 5.91 Å². The van der Waals surface area contributed by atoms with Crippen molar-refractivity contribution in [3.63, 3.8) is 0 Å². The summed E-state index contributed by atoms with van der Waals surface area (Å²) in [6, 6.07) is 1.52. The maximum absolute atomic E-state index is 12.4. The Labute approximate surface area is 116 Å². The molecule has 2 saturated heterocycles.